The molecule has 1 aliphatic heterocycles. The summed E-state index contributed by atoms with van der Waals surface area (Å²) < 4.78 is 9.12. The molecule has 0 radical (unpaired) electrons. The van der Waals surface area contributed by atoms with Gasteiger partial charge in [-0.1, -0.05) is 4.49 Å². The van der Waals surface area contributed by atoms with Gasteiger partial charge in [0, 0.05) is 26.1 Å². The first-order chi connectivity index (χ1) is 6.79. The third kappa shape index (κ3) is 1.83. The summed E-state index contributed by atoms with van der Waals surface area (Å²) in [7, 11) is 0. The normalized spacial score (nSPS) is 18.4. The zero-order chi connectivity index (χ0) is 9.97. The molecule has 14 heavy (non-hydrogen) atoms. The van der Waals surface area contributed by atoms with Crippen molar-refractivity contribution in [3.8, 4) is 0 Å². The molecule has 0 spiro atoms. The molecule has 1 aromatic rings. The van der Waals surface area contributed by atoms with E-state index in [9.17, 15) is 4.79 Å². The second kappa shape index (κ2) is 4.14. The fourth-order valence-corrected chi connectivity index (χ4v) is 2.32. The van der Waals surface area contributed by atoms with Crippen molar-refractivity contribution >= 4 is 17.3 Å². The van der Waals surface area contributed by atoms with Gasteiger partial charge in [0.25, 0.3) is 0 Å². The minimum Gasteiger partial charge on any atom is -0.381 e. The Morgan fingerprint density at radius 1 is 1.50 bits per heavy atom. The number of Topliss-reactive ketones (excluding diaryl/α,β-unsaturated/α-hetero) is 1. The Labute approximate surface area is 86.4 Å². The summed E-state index contributed by atoms with van der Waals surface area (Å²) in [6.07, 6.45) is 1.90. The van der Waals surface area contributed by atoms with Crippen molar-refractivity contribution in [1.82, 2.24) is 9.59 Å². The first-order valence-electron chi connectivity index (χ1n) is 4.70. The second-order valence-electron chi connectivity index (χ2n) is 3.43. The standard InChI is InChI=1S/C9H12N2O2S/c1-6(12)9-8(10-11-14-9)7-2-4-13-5-3-7/h7H,2-5H2,1H3. The summed E-state index contributed by atoms with van der Waals surface area (Å²) in [5, 5.41) is 4.05. The van der Waals surface area contributed by atoms with Crippen LogP contribution < -0.4 is 0 Å². The highest BCUT2D eigenvalue weighted by Gasteiger charge is 2.23. The van der Waals surface area contributed by atoms with E-state index in [0.717, 1.165) is 36.6 Å². The van der Waals surface area contributed by atoms with Crippen molar-refractivity contribution in [2.75, 3.05) is 13.2 Å². The lowest BCUT2D eigenvalue weighted by Gasteiger charge is -2.20. The summed E-state index contributed by atoms with van der Waals surface area (Å²) in [5.74, 6) is 0.433. The summed E-state index contributed by atoms with van der Waals surface area (Å²) >= 11 is 1.20. The largest absolute Gasteiger partial charge is 0.381 e. The van der Waals surface area contributed by atoms with Gasteiger partial charge in [-0.15, -0.1) is 5.10 Å². The Bertz CT molecular complexity index is 331. The molecule has 0 atom stereocenters. The molecule has 0 unspecified atom stereocenters. The van der Waals surface area contributed by atoms with E-state index in [1.807, 2.05) is 0 Å². The second-order valence-corrected chi connectivity index (χ2v) is 4.18. The van der Waals surface area contributed by atoms with E-state index in [1.165, 1.54) is 11.5 Å². The van der Waals surface area contributed by atoms with E-state index < -0.39 is 0 Å². The molecule has 1 aliphatic rings. The SMILES string of the molecule is CC(=O)c1snnc1C1CCOCC1. The van der Waals surface area contributed by atoms with E-state index in [1.54, 1.807) is 6.92 Å². The van der Waals surface area contributed by atoms with Gasteiger partial charge in [0.15, 0.2) is 5.78 Å². The van der Waals surface area contributed by atoms with Crippen LogP contribution in [-0.2, 0) is 4.74 Å². The van der Waals surface area contributed by atoms with E-state index in [0.29, 0.717) is 5.92 Å². The van der Waals surface area contributed by atoms with E-state index >= 15 is 0 Å². The van der Waals surface area contributed by atoms with Crippen LogP contribution in [0.25, 0.3) is 0 Å². The van der Waals surface area contributed by atoms with Crippen molar-refractivity contribution in [3.63, 3.8) is 0 Å². The molecule has 0 bridgehead atoms. The van der Waals surface area contributed by atoms with Crippen LogP contribution in [0.15, 0.2) is 0 Å². The molecule has 2 rings (SSSR count). The Balaban J connectivity index is 2.21. The van der Waals surface area contributed by atoms with E-state index in [-0.39, 0.29) is 5.78 Å². The fraction of sp³-hybridized carbons (Fsp3) is 0.667. The lowest BCUT2D eigenvalue weighted by molar-refractivity contribution is 0.0838. The molecule has 0 aliphatic carbocycles. The highest BCUT2D eigenvalue weighted by molar-refractivity contribution is 7.08. The molecule has 0 aromatic carbocycles. The average molecular weight is 212 g/mol. The zero-order valence-corrected chi connectivity index (χ0v) is 8.84. The van der Waals surface area contributed by atoms with Gasteiger partial charge in [-0.2, -0.15) is 0 Å². The number of hydrogen-bond donors (Lipinski definition) is 0. The maximum absolute atomic E-state index is 11.3. The third-order valence-corrected chi connectivity index (χ3v) is 3.28. The van der Waals surface area contributed by atoms with Gasteiger partial charge in [-0.3, -0.25) is 4.79 Å². The van der Waals surface area contributed by atoms with Crippen LogP contribution in [-0.4, -0.2) is 28.6 Å². The van der Waals surface area contributed by atoms with Crippen LogP contribution in [0.5, 0.6) is 0 Å². The number of carbonyl (C=O) groups excluding carboxylic acids is 1. The molecule has 1 aromatic heterocycles. The van der Waals surface area contributed by atoms with E-state index in [2.05, 4.69) is 9.59 Å². The molecule has 0 amide bonds. The molecule has 1 fully saturated rings. The number of hydrogen-bond acceptors (Lipinski definition) is 5. The minimum atomic E-state index is 0.0708. The molecule has 76 valence electrons. The average Bonchev–Trinajstić information content (AvgIpc) is 2.67. The van der Waals surface area contributed by atoms with Crippen LogP contribution in [0.2, 0.25) is 0 Å². The van der Waals surface area contributed by atoms with Crippen molar-refractivity contribution < 1.29 is 9.53 Å². The highest BCUT2D eigenvalue weighted by Crippen LogP contribution is 2.29. The van der Waals surface area contributed by atoms with Gasteiger partial charge >= 0.3 is 0 Å². The molecule has 4 nitrogen and oxygen atoms in total. The smallest absolute Gasteiger partial charge is 0.173 e. The minimum absolute atomic E-state index is 0.0708. The van der Waals surface area contributed by atoms with Gasteiger partial charge in [0.05, 0.1) is 5.69 Å². The maximum Gasteiger partial charge on any atom is 0.173 e. The summed E-state index contributed by atoms with van der Waals surface area (Å²) in [4.78, 5) is 12.0. The van der Waals surface area contributed by atoms with Crippen LogP contribution in [0.3, 0.4) is 0 Å². The summed E-state index contributed by atoms with van der Waals surface area (Å²) in [6, 6.07) is 0. The topological polar surface area (TPSA) is 52.1 Å². The first kappa shape index (κ1) is 9.73. The predicted octanol–water partition coefficient (Wildman–Crippen LogP) is 1.63. The Hall–Kier alpha value is -0.810. The first-order valence-corrected chi connectivity index (χ1v) is 5.47. The fourth-order valence-electron chi connectivity index (χ4n) is 1.68. The molecular weight excluding hydrogens is 200 g/mol. The molecule has 0 N–H and O–H groups in total. The number of nitrogens with zero attached hydrogens (tertiary/aromatic N) is 2. The molecule has 5 heteroatoms. The van der Waals surface area contributed by atoms with Gasteiger partial charge in [-0.25, -0.2) is 0 Å². The van der Waals surface area contributed by atoms with Gasteiger partial charge in [0.2, 0.25) is 0 Å². The predicted molar refractivity (Wildman–Crippen MR) is 52.7 cm³/mol. The maximum atomic E-state index is 11.3. The third-order valence-electron chi connectivity index (χ3n) is 2.44. The molecule has 1 saturated heterocycles. The van der Waals surface area contributed by atoms with Crippen LogP contribution in [0, 0.1) is 0 Å². The summed E-state index contributed by atoms with van der Waals surface area (Å²) in [6.45, 7) is 3.09. The quantitative estimate of drug-likeness (QED) is 0.699. The van der Waals surface area contributed by atoms with Gasteiger partial charge in [0.1, 0.15) is 4.88 Å². The molecular formula is C9H12N2O2S. The summed E-state index contributed by atoms with van der Waals surface area (Å²) in [5.41, 5.74) is 0.880. The monoisotopic (exact) mass is 212 g/mol. The van der Waals surface area contributed by atoms with Crippen molar-refractivity contribution in [2.45, 2.75) is 25.7 Å². The Kier molecular flexibility index (Phi) is 2.88. The van der Waals surface area contributed by atoms with Gasteiger partial charge < -0.3 is 4.74 Å². The number of ether oxygens (including phenoxy) is 1. The van der Waals surface area contributed by atoms with Crippen LogP contribution in [0.4, 0.5) is 0 Å². The number of carbonyl (C=O) groups is 1. The van der Waals surface area contributed by atoms with Crippen molar-refractivity contribution in [3.05, 3.63) is 10.6 Å². The van der Waals surface area contributed by atoms with Gasteiger partial charge in [-0.05, 0) is 24.4 Å². The number of ketones is 1. The number of aromatic nitrogens is 2. The van der Waals surface area contributed by atoms with Crippen LogP contribution in [0.1, 0.15) is 41.0 Å². The lowest BCUT2D eigenvalue weighted by Crippen LogP contribution is -2.16. The highest BCUT2D eigenvalue weighted by atomic mass is 32.1. The van der Waals surface area contributed by atoms with Crippen molar-refractivity contribution in [2.24, 2.45) is 0 Å². The van der Waals surface area contributed by atoms with Crippen molar-refractivity contribution in [1.29, 1.82) is 0 Å². The molecule has 2 heterocycles. The number of rotatable bonds is 2. The Morgan fingerprint density at radius 2 is 2.21 bits per heavy atom. The Morgan fingerprint density at radius 3 is 2.86 bits per heavy atom. The van der Waals surface area contributed by atoms with E-state index in [4.69, 9.17) is 4.74 Å². The lowest BCUT2D eigenvalue weighted by atomic mass is 9.95. The zero-order valence-electron chi connectivity index (χ0n) is 8.02. The molecule has 0 saturated carbocycles. The van der Waals surface area contributed by atoms with Crippen LogP contribution >= 0.6 is 11.5 Å².